The molecule has 0 spiro atoms. The molecule has 0 bridgehead atoms. The maximum absolute atomic E-state index is 13.2. The molecule has 2 aromatic carbocycles. The molecule has 136 valence electrons. The van der Waals surface area contributed by atoms with E-state index < -0.39 is 0 Å². The summed E-state index contributed by atoms with van der Waals surface area (Å²) >= 11 is 0. The zero-order chi connectivity index (χ0) is 18.3. The van der Waals surface area contributed by atoms with Gasteiger partial charge in [-0.3, -0.25) is 4.79 Å². The molecule has 1 heterocycles. The van der Waals surface area contributed by atoms with E-state index in [1.165, 1.54) is 41.7 Å². The van der Waals surface area contributed by atoms with Crippen LogP contribution in [0.15, 0.2) is 30.3 Å². The summed E-state index contributed by atoms with van der Waals surface area (Å²) in [4.78, 5) is 14.5. The van der Waals surface area contributed by atoms with Gasteiger partial charge in [-0.1, -0.05) is 6.07 Å². The van der Waals surface area contributed by atoms with Crippen LogP contribution in [0.5, 0.6) is 0 Å². The van der Waals surface area contributed by atoms with Gasteiger partial charge in [-0.05, 0) is 85.5 Å². The Kier molecular flexibility index (Phi) is 4.43. The van der Waals surface area contributed by atoms with Crippen molar-refractivity contribution in [2.24, 2.45) is 5.92 Å². The first-order chi connectivity index (χ1) is 12.5. The molecule has 0 unspecified atom stereocenters. The number of nitrogens with one attached hydrogen (secondary N) is 1. The van der Waals surface area contributed by atoms with Crippen LogP contribution in [-0.2, 0) is 17.8 Å². The van der Waals surface area contributed by atoms with Gasteiger partial charge in [0.1, 0.15) is 5.82 Å². The lowest BCUT2D eigenvalue weighted by atomic mass is 9.91. The fourth-order valence-electron chi connectivity index (χ4n) is 3.97. The summed E-state index contributed by atoms with van der Waals surface area (Å²) in [5.41, 5.74) is 7.00. The molecule has 2 aliphatic rings. The highest BCUT2D eigenvalue weighted by Gasteiger charge is 2.26. The molecule has 1 N–H and O–H groups in total. The van der Waals surface area contributed by atoms with E-state index in [0.717, 1.165) is 36.4 Å². The number of aryl methyl sites for hydroxylation is 1. The molecule has 2 aromatic rings. The predicted octanol–water partition coefficient (Wildman–Crippen LogP) is 4.74. The number of amides is 1. The fourth-order valence-corrected chi connectivity index (χ4v) is 3.97. The number of carbonyl (C=O) groups is 1. The van der Waals surface area contributed by atoms with Gasteiger partial charge in [0.15, 0.2) is 0 Å². The third-order valence-corrected chi connectivity index (χ3v) is 5.62. The van der Waals surface area contributed by atoms with Crippen LogP contribution in [0, 0.1) is 25.6 Å². The molecule has 1 fully saturated rings. The summed E-state index contributed by atoms with van der Waals surface area (Å²) < 4.78 is 13.2. The first-order valence-corrected chi connectivity index (χ1v) is 9.43. The normalized spacial score (nSPS) is 16.3. The van der Waals surface area contributed by atoms with Crippen LogP contribution in [-0.4, -0.2) is 12.5 Å². The number of benzene rings is 2. The van der Waals surface area contributed by atoms with Crippen molar-refractivity contribution < 1.29 is 9.18 Å². The zero-order valence-corrected chi connectivity index (χ0v) is 15.4. The molecule has 1 aliphatic heterocycles. The van der Waals surface area contributed by atoms with Crippen molar-refractivity contribution in [2.45, 2.75) is 46.1 Å². The molecule has 4 heteroatoms. The molecule has 0 atom stereocenters. The fraction of sp³-hybridized carbons (Fsp3) is 0.409. The standard InChI is InChI=1S/C22H25FN2O/c1-14-11-17-13-25(19-7-5-18(23)6-8-19)10-9-20(17)15(2)22(14)24-21(26)12-16-3-4-16/h5-8,11,16H,3-4,9-10,12-13H2,1-2H3,(H,24,26). The number of fused-ring (bicyclic) bond motifs is 1. The van der Waals surface area contributed by atoms with E-state index in [4.69, 9.17) is 0 Å². The van der Waals surface area contributed by atoms with E-state index in [1.54, 1.807) is 0 Å². The monoisotopic (exact) mass is 352 g/mol. The van der Waals surface area contributed by atoms with E-state index in [9.17, 15) is 9.18 Å². The summed E-state index contributed by atoms with van der Waals surface area (Å²) in [5, 5.41) is 3.15. The lowest BCUT2D eigenvalue weighted by Crippen LogP contribution is -2.31. The second-order valence-electron chi connectivity index (χ2n) is 7.67. The molecule has 0 aromatic heterocycles. The highest BCUT2D eigenvalue weighted by molar-refractivity contribution is 5.93. The Balaban J connectivity index is 1.56. The van der Waals surface area contributed by atoms with Gasteiger partial charge in [0.05, 0.1) is 0 Å². The van der Waals surface area contributed by atoms with Crippen LogP contribution < -0.4 is 10.2 Å². The van der Waals surface area contributed by atoms with E-state index in [0.29, 0.717) is 12.3 Å². The van der Waals surface area contributed by atoms with Crippen molar-refractivity contribution in [3.8, 4) is 0 Å². The number of anilines is 2. The van der Waals surface area contributed by atoms with Crippen LogP contribution in [0.1, 0.15) is 41.5 Å². The maximum atomic E-state index is 13.2. The highest BCUT2D eigenvalue weighted by Crippen LogP contribution is 2.35. The Morgan fingerprint density at radius 2 is 1.96 bits per heavy atom. The molecule has 0 radical (unpaired) electrons. The number of hydrogen-bond donors (Lipinski definition) is 1. The van der Waals surface area contributed by atoms with Gasteiger partial charge >= 0.3 is 0 Å². The summed E-state index contributed by atoms with van der Waals surface area (Å²) in [6.45, 7) is 5.90. The van der Waals surface area contributed by atoms with Crippen molar-refractivity contribution in [3.05, 3.63) is 58.4 Å². The minimum Gasteiger partial charge on any atom is -0.367 e. The smallest absolute Gasteiger partial charge is 0.224 e. The molecule has 4 rings (SSSR count). The molecule has 1 aliphatic carbocycles. The lowest BCUT2D eigenvalue weighted by molar-refractivity contribution is -0.116. The topological polar surface area (TPSA) is 32.3 Å². The number of hydrogen-bond acceptors (Lipinski definition) is 2. The Labute approximate surface area is 154 Å². The van der Waals surface area contributed by atoms with Crippen molar-refractivity contribution in [2.75, 3.05) is 16.8 Å². The molecule has 3 nitrogen and oxygen atoms in total. The second kappa shape index (κ2) is 6.75. The Morgan fingerprint density at radius 1 is 1.23 bits per heavy atom. The van der Waals surface area contributed by atoms with Gasteiger partial charge in [0, 0.05) is 30.9 Å². The molecular weight excluding hydrogens is 327 g/mol. The van der Waals surface area contributed by atoms with Crippen molar-refractivity contribution in [3.63, 3.8) is 0 Å². The number of rotatable bonds is 4. The predicted molar refractivity (Wildman–Crippen MR) is 103 cm³/mol. The van der Waals surface area contributed by atoms with Crippen LogP contribution >= 0.6 is 0 Å². The third kappa shape index (κ3) is 3.46. The Hall–Kier alpha value is -2.36. The van der Waals surface area contributed by atoms with E-state index >= 15 is 0 Å². The highest BCUT2D eigenvalue weighted by atomic mass is 19.1. The van der Waals surface area contributed by atoms with Gasteiger partial charge in [-0.2, -0.15) is 0 Å². The lowest BCUT2D eigenvalue weighted by Gasteiger charge is -2.33. The average molecular weight is 352 g/mol. The number of nitrogens with zero attached hydrogens (tertiary/aromatic N) is 1. The Morgan fingerprint density at radius 3 is 2.65 bits per heavy atom. The number of carbonyl (C=O) groups excluding carboxylic acids is 1. The zero-order valence-electron chi connectivity index (χ0n) is 15.4. The van der Waals surface area contributed by atoms with Crippen molar-refractivity contribution >= 4 is 17.3 Å². The first-order valence-electron chi connectivity index (χ1n) is 9.43. The molecule has 1 saturated carbocycles. The molecule has 26 heavy (non-hydrogen) atoms. The molecular formula is C22H25FN2O. The SMILES string of the molecule is Cc1cc2c(c(C)c1NC(=O)CC1CC1)CCN(c1ccc(F)cc1)C2. The largest absolute Gasteiger partial charge is 0.367 e. The van der Waals surface area contributed by atoms with Crippen LogP contribution in [0.4, 0.5) is 15.8 Å². The first kappa shape index (κ1) is 17.1. The van der Waals surface area contributed by atoms with Crippen LogP contribution in [0.25, 0.3) is 0 Å². The molecule has 0 saturated heterocycles. The quantitative estimate of drug-likeness (QED) is 0.862. The van der Waals surface area contributed by atoms with E-state index in [2.05, 4.69) is 30.1 Å². The van der Waals surface area contributed by atoms with Gasteiger partial charge in [-0.25, -0.2) is 4.39 Å². The molecule has 1 amide bonds. The van der Waals surface area contributed by atoms with Crippen molar-refractivity contribution in [1.29, 1.82) is 0 Å². The maximum Gasteiger partial charge on any atom is 0.224 e. The van der Waals surface area contributed by atoms with Gasteiger partial charge < -0.3 is 10.2 Å². The third-order valence-electron chi connectivity index (χ3n) is 5.62. The minimum absolute atomic E-state index is 0.141. The van der Waals surface area contributed by atoms with Crippen LogP contribution in [0.3, 0.4) is 0 Å². The average Bonchev–Trinajstić information content (AvgIpc) is 3.42. The number of halogens is 1. The van der Waals surface area contributed by atoms with Gasteiger partial charge in [0.2, 0.25) is 5.91 Å². The summed E-state index contributed by atoms with van der Waals surface area (Å²) in [5.74, 6) is 0.532. The summed E-state index contributed by atoms with van der Waals surface area (Å²) in [7, 11) is 0. The van der Waals surface area contributed by atoms with Crippen LogP contribution in [0.2, 0.25) is 0 Å². The Bertz CT molecular complexity index is 840. The summed E-state index contributed by atoms with van der Waals surface area (Å²) in [6, 6.07) is 8.91. The summed E-state index contributed by atoms with van der Waals surface area (Å²) in [6.07, 6.45) is 3.96. The van der Waals surface area contributed by atoms with E-state index in [-0.39, 0.29) is 11.7 Å². The second-order valence-corrected chi connectivity index (χ2v) is 7.67. The van der Waals surface area contributed by atoms with Crippen molar-refractivity contribution in [1.82, 2.24) is 0 Å². The minimum atomic E-state index is -0.204. The van der Waals surface area contributed by atoms with E-state index in [1.807, 2.05) is 12.1 Å². The van der Waals surface area contributed by atoms with Gasteiger partial charge in [0.25, 0.3) is 0 Å². The van der Waals surface area contributed by atoms with Gasteiger partial charge in [-0.15, -0.1) is 0 Å².